The quantitative estimate of drug-likeness (QED) is 0.906. The number of rotatable bonds is 3. The molecule has 1 heterocycles. The largest absolute Gasteiger partial charge is 0.478 e. The number of aromatic carboxylic acids is 1. The summed E-state index contributed by atoms with van der Waals surface area (Å²) in [6, 6.07) is 4.15. The zero-order valence-corrected chi connectivity index (χ0v) is 11.4. The third-order valence-corrected chi connectivity index (χ3v) is 3.08. The topological polar surface area (TPSA) is 75.1 Å². The van der Waals surface area contributed by atoms with E-state index in [2.05, 4.69) is 31.2 Å². The molecule has 0 spiro atoms. The van der Waals surface area contributed by atoms with Crippen LogP contribution in [0.2, 0.25) is 0 Å². The number of hydrogen-bond donors (Lipinski definition) is 2. The van der Waals surface area contributed by atoms with E-state index in [0.717, 1.165) is 0 Å². The van der Waals surface area contributed by atoms with Crippen molar-refractivity contribution in [1.29, 1.82) is 0 Å². The van der Waals surface area contributed by atoms with Gasteiger partial charge < -0.3 is 10.4 Å². The number of halogens is 2. The van der Waals surface area contributed by atoms with Crippen molar-refractivity contribution >= 4 is 33.5 Å². The van der Waals surface area contributed by atoms with E-state index in [0.29, 0.717) is 15.9 Å². The Morgan fingerprint density at radius 2 is 2.21 bits per heavy atom. The number of nitrogens with one attached hydrogen (secondary N) is 1. The number of benzene rings is 1. The minimum atomic E-state index is -1.09. The van der Waals surface area contributed by atoms with E-state index >= 15 is 0 Å². The van der Waals surface area contributed by atoms with Crippen LogP contribution in [0.3, 0.4) is 0 Å². The molecule has 2 N–H and O–H groups in total. The summed E-state index contributed by atoms with van der Waals surface area (Å²) in [7, 11) is 0. The van der Waals surface area contributed by atoms with Gasteiger partial charge in [0.2, 0.25) is 5.95 Å². The van der Waals surface area contributed by atoms with Gasteiger partial charge in [-0.25, -0.2) is 19.2 Å². The van der Waals surface area contributed by atoms with E-state index in [1.807, 2.05) is 0 Å². The maximum Gasteiger partial charge on any atom is 0.339 e. The summed E-state index contributed by atoms with van der Waals surface area (Å²) in [5, 5.41) is 11.7. The fraction of sp³-hybridized carbons (Fsp3) is 0.0833. The van der Waals surface area contributed by atoms with Crippen LogP contribution in [0.1, 0.15) is 16.1 Å². The summed E-state index contributed by atoms with van der Waals surface area (Å²) in [5.41, 5.74) is 0.823. The van der Waals surface area contributed by atoms with Gasteiger partial charge in [0.1, 0.15) is 5.82 Å². The third kappa shape index (κ3) is 3.05. The molecule has 7 heteroatoms. The smallest absolute Gasteiger partial charge is 0.339 e. The molecule has 0 aliphatic carbocycles. The molecule has 0 fully saturated rings. The Labute approximate surface area is 116 Å². The van der Waals surface area contributed by atoms with Gasteiger partial charge in [0.05, 0.1) is 16.9 Å². The average Bonchev–Trinajstić information content (AvgIpc) is 2.33. The van der Waals surface area contributed by atoms with Crippen molar-refractivity contribution in [1.82, 2.24) is 9.97 Å². The van der Waals surface area contributed by atoms with Gasteiger partial charge >= 0.3 is 5.97 Å². The van der Waals surface area contributed by atoms with E-state index in [-0.39, 0.29) is 11.5 Å². The second kappa shape index (κ2) is 5.31. The summed E-state index contributed by atoms with van der Waals surface area (Å²) < 4.78 is 13.8. The summed E-state index contributed by atoms with van der Waals surface area (Å²) in [4.78, 5) is 18.7. The molecule has 5 nitrogen and oxygen atoms in total. The number of aryl methyl sites for hydroxylation is 1. The fourth-order valence-electron chi connectivity index (χ4n) is 1.45. The predicted molar refractivity (Wildman–Crippen MR) is 71.1 cm³/mol. The van der Waals surface area contributed by atoms with Crippen molar-refractivity contribution < 1.29 is 14.3 Å². The average molecular weight is 326 g/mol. The van der Waals surface area contributed by atoms with Crippen LogP contribution in [0.25, 0.3) is 0 Å². The van der Waals surface area contributed by atoms with Crippen molar-refractivity contribution in [2.45, 2.75) is 6.92 Å². The lowest BCUT2D eigenvalue weighted by Crippen LogP contribution is -2.06. The lowest BCUT2D eigenvalue weighted by Gasteiger charge is -2.08. The summed E-state index contributed by atoms with van der Waals surface area (Å²) >= 11 is 3.27. The number of nitrogens with zero attached hydrogens (tertiary/aromatic N) is 2. The zero-order valence-electron chi connectivity index (χ0n) is 9.82. The molecular formula is C12H9BrFN3O2. The van der Waals surface area contributed by atoms with Crippen molar-refractivity contribution in [3.05, 3.63) is 45.9 Å². The van der Waals surface area contributed by atoms with Crippen LogP contribution in [-0.4, -0.2) is 21.0 Å². The monoisotopic (exact) mass is 325 g/mol. The molecule has 19 heavy (non-hydrogen) atoms. The maximum atomic E-state index is 13.1. The van der Waals surface area contributed by atoms with Crippen molar-refractivity contribution in [3.8, 4) is 0 Å². The van der Waals surface area contributed by atoms with E-state index in [1.54, 1.807) is 13.0 Å². The molecule has 1 aromatic carbocycles. The van der Waals surface area contributed by atoms with Crippen molar-refractivity contribution in [2.75, 3.05) is 5.32 Å². The van der Waals surface area contributed by atoms with Gasteiger partial charge in [-0.15, -0.1) is 0 Å². The lowest BCUT2D eigenvalue weighted by molar-refractivity contribution is 0.0695. The molecule has 0 saturated heterocycles. The molecule has 2 rings (SSSR count). The van der Waals surface area contributed by atoms with Crippen LogP contribution in [0.4, 0.5) is 16.0 Å². The molecule has 0 radical (unpaired) electrons. The predicted octanol–water partition coefficient (Wildman–Crippen LogP) is 3.13. The molecule has 0 bridgehead atoms. The standard InChI is InChI=1S/C12H9BrFN3O2/c1-6-8(11(18)19)5-15-12(16-6)17-10-4-7(14)2-3-9(10)13/h2-5H,1H3,(H,18,19)(H,15,16,17). The SMILES string of the molecule is Cc1nc(Nc2cc(F)ccc2Br)ncc1C(=O)O. The van der Waals surface area contributed by atoms with Gasteiger partial charge in [0, 0.05) is 10.7 Å². The van der Waals surface area contributed by atoms with Crippen LogP contribution < -0.4 is 5.32 Å². The summed E-state index contributed by atoms with van der Waals surface area (Å²) in [6.07, 6.45) is 1.21. The van der Waals surface area contributed by atoms with Crippen molar-refractivity contribution in [3.63, 3.8) is 0 Å². The van der Waals surface area contributed by atoms with Gasteiger partial charge in [-0.1, -0.05) is 0 Å². The van der Waals surface area contributed by atoms with E-state index in [4.69, 9.17) is 5.11 Å². The molecule has 0 aliphatic rings. The molecule has 2 aromatic rings. The summed E-state index contributed by atoms with van der Waals surface area (Å²) in [5.74, 6) is -1.28. The molecule has 0 amide bonds. The Balaban J connectivity index is 2.31. The first-order chi connectivity index (χ1) is 8.97. The number of aromatic nitrogens is 2. The van der Waals surface area contributed by atoms with Gasteiger partial charge in [-0.05, 0) is 41.1 Å². The number of anilines is 2. The molecule has 0 atom stereocenters. The molecular weight excluding hydrogens is 317 g/mol. The number of hydrogen-bond acceptors (Lipinski definition) is 4. The molecule has 0 aliphatic heterocycles. The fourth-order valence-corrected chi connectivity index (χ4v) is 1.80. The Bertz CT molecular complexity index is 649. The van der Waals surface area contributed by atoms with E-state index in [1.165, 1.54) is 18.3 Å². The second-order valence-electron chi connectivity index (χ2n) is 3.75. The molecule has 0 saturated carbocycles. The van der Waals surface area contributed by atoms with Gasteiger partial charge in [0.25, 0.3) is 0 Å². The van der Waals surface area contributed by atoms with Gasteiger partial charge in [-0.2, -0.15) is 0 Å². The summed E-state index contributed by atoms with van der Waals surface area (Å²) in [6.45, 7) is 1.57. The Kier molecular flexibility index (Phi) is 3.75. The Morgan fingerprint density at radius 1 is 1.47 bits per heavy atom. The first-order valence-corrected chi connectivity index (χ1v) is 6.05. The highest BCUT2D eigenvalue weighted by molar-refractivity contribution is 9.10. The van der Waals surface area contributed by atoms with Crippen LogP contribution in [0, 0.1) is 12.7 Å². The number of carboxylic acid groups (broad SMARTS) is 1. The molecule has 1 aromatic heterocycles. The van der Waals surface area contributed by atoms with E-state index < -0.39 is 11.8 Å². The zero-order chi connectivity index (χ0) is 14.0. The third-order valence-electron chi connectivity index (χ3n) is 2.38. The highest BCUT2D eigenvalue weighted by atomic mass is 79.9. The van der Waals surface area contributed by atoms with Gasteiger partial charge in [-0.3, -0.25) is 0 Å². The number of carboxylic acids is 1. The second-order valence-corrected chi connectivity index (χ2v) is 4.60. The normalized spacial score (nSPS) is 10.3. The highest BCUT2D eigenvalue weighted by Crippen LogP contribution is 2.25. The molecule has 0 unspecified atom stereocenters. The minimum absolute atomic E-state index is 0.0313. The Hall–Kier alpha value is -2.02. The van der Waals surface area contributed by atoms with Crippen LogP contribution in [0.5, 0.6) is 0 Å². The van der Waals surface area contributed by atoms with Gasteiger partial charge in [0.15, 0.2) is 0 Å². The van der Waals surface area contributed by atoms with Crippen LogP contribution in [0.15, 0.2) is 28.9 Å². The van der Waals surface area contributed by atoms with E-state index in [9.17, 15) is 9.18 Å². The molecule has 98 valence electrons. The van der Waals surface area contributed by atoms with Crippen LogP contribution >= 0.6 is 15.9 Å². The minimum Gasteiger partial charge on any atom is -0.478 e. The Morgan fingerprint density at radius 3 is 2.84 bits per heavy atom. The van der Waals surface area contributed by atoms with Crippen molar-refractivity contribution in [2.24, 2.45) is 0 Å². The number of carbonyl (C=O) groups is 1. The lowest BCUT2D eigenvalue weighted by atomic mass is 10.2. The van der Waals surface area contributed by atoms with Crippen LogP contribution in [-0.2, 0) is 0 Å². The first-order valence-electron chi connectivity index (χ1n) is 5.26. The maximum absolute atomic E-state index is 13.1. The highest BCUT2D eigenvalue weighted by Gasteiger charge is 2.11. The first kappa shape index (κ1) is 13.4.